The lowest BCUT2D eigenvalue weighted by Crippen LogP contribution is -2.18. The maximum Gasteiger partial charge on any atom is 0.224 e. The molecule has 4 nitrogen and oxygen atoms in total. The topological polar surface area (TPSA) is 72.2 Å². The largest absolute Gasteiger partial charge is 0.369 e. The van der Waals surface area contributed by atoms with E-state index in [2.05, 4.69) is 5.32 Å². The summed E-state index contributed by atoms with van der Waals surface area (Å²) in [7, 11) is 0. The Balaban J connectivity index is 2.92. The van der Waals surface area contributed by atoms with Crippen molar-refractivity contribution in [1.29, 1.82) is 0 Å². The maximum absolute atomic E-state index is 11.0. The van der Waals surface area contributed by atoms with Gasteiger partial charge in [-0.1, -0.05) is 12.1 Å². The molecule has 0 radical (unpaired) electrons. The number of anilines is 1. The Labute approximate surface area is 88.5 Å². The van der Waals surface area contributed by atoms with E-state index in [1.165, 1.54) is 6.92 Å². The molecule has 0 aliphatic rings. The number of nitrogens with one attached hydrogen (secondary N) is 1. The van der Waals surface area contributed by atoms with Crippen LogP contribution in [0.5, 0.6) is 0 Å². The van der Waals surface area contributed by atoms with Crippen LogP contribution in [0, 0.1) is 0 Å². The summed E-state index contributed by atoms with van der Waals surface area (Å²) in [6.07, 6.45) is 0. The van der Waals surface area contributed by atoms with Crippen molar-refractivity contribution in [3.63, 3.8) is 0 Å². The fraction of sp³-hybridized carbons (Fsp3) is 0.273. The molecule has 1 rings (SSSR count). The molecule has 0 saturated heterocycles. The predicted octanol–water partition coefficient (Wildman–Crippen LogP) is 1.23. The number of primary amides is 1. The Morgan fingerprint density at radius 1 is 1.40 bits per heavy atom. The van der Waals surface area contributed by atoms with Gasteiger partial charge in [-0.2, -0.15) is 0 Å². The second-order valence-corrected chi connectivity index (χ2v) is 3.43. The molecule has 15 heavy (non-hydrogen) atoms. The van der Waals surface area contributed by atoms with Gasteiger partial charge in [0.05, 0.1) is 5.92 Å². The molecule has 0 aromatic heterocycles. The standard InChI is InChI=1S/C11H14N2O2/c1-7(11(12)15)9-4-3-5-10(6-9)13-8(2)14/h3-7H,1-2H3,(H2,12,15)(H,13,14)/t7-/m0/s1. The van der Waals surface area contributed by atoms with E-state index >= 15 is 0 Å². The molecular formula is C11H14N2O2. The van der Waals surface area contributed by atoms with Crippen LogP contribution in [0.15, 0.2) is 24.3 Å². The van der Waals surface area contributed by atoms with E-state index in [1.807, 2.05) is 0 Å². The molecule has 0 fully saturated rings. The van der Waals surface area contributed by atoms with E-state index in [1.54, 1.807) is 31.2 Å². The van der Waals surface area contributed by atoms with Gasteiger partial charge in [-0.3, -0.25) is 9.59 Å². The molecular weight excluding hydrogens is 192 g/mol. The average Bonchev–Trinajstić information content (AvgIpc) is 2.16. The summed E-state index contributed by atoms with van der Waals surface area (Å²) in [4.78, 5) is 21.8. The van der Waals surface area contributed by atoms with Crippen LogP contribution in [-0.4, -0.2) is 11.8 Å². The first-order valence-corrected chi connectivity index (χ1v) is 4.67. The molecule has 0 aliphatic heterocycles. The number of carbonyl (C=O) groups is 2. The van der Waals surface area contributed by atoms with Crippen LogP contribution in [0.25, 0.3) is 0 Å². The molecule has 4 heteroatoms. The Hall–Kier alpha value is -1.84. The van der Waals surface area contributed by atoms with Gasteiger partial charge in [0.15, 0.2) is 0 Å². The number of benzene rings is 1. The number of hydrogen-bond acceptors (Lipinski definition) is 2. The van der Waals surface area contributed by atoms with E-state index in [0.717, 1.165) is 5.56 Å². The predicted molar refractivity (Wildman–Crippen MR) is 58.4 cm³/mol. The molecule has 0 aliphatic carbocycles. The van der Waals surface area contributed by atoms with Crippen molar-refractivity contribution in [2.24, 2.45) is 5.73 Å². The average molecular weight is 206 g/mol. The van der Waals surface area contributed by atoms with Crippen LogP contribution in [-0.2, 0) is 9.59 Å². The van der Waals surface area contributed by atoms with E-state index in [0.29, 0.717) is 5.69 Å². The lowest BCUT2D eigenvalue weighted by Gasteiger charge is -2.09. The van der Waals surface area contributed by atoms with Crippen molar-refractivity contribution in [2.75, 3.05) is 5.32 Å². The van der Waals surface area contributed by atoms with Gasteiger partial charge >= 0.3 is 0 Å². The summed E-state index contributed by atoms with van der Waals surface area (Å²) in [5, 5.41) is 2.65. The lowest BCUT2D eigenvalue weighted by molar-refractivity contribution is -0.119. The fourth-order valence-corrected chi connectivity index (χ4v) is 1.25. The molecule has 1 atom stereocenters. The Bertz CT molecular complexity index is 388. The van der Waals surface area contributed by atoms with Gasteiger partial charge in [-0.25, -0.2) is 0 Å². The second-order valence-electron chi connectivity index (χ2n) is 3.43. The highest BCUT2D eigenvalue weighted by Gasteiger charge is 2.11. The molecule has 3 N–H and O–H groups in total. The van der Waals surface area contributed by atoms with Gasteiger partial charge in [-0.05, 0) is 24.6 Å². The maximum atomic E-state index is 11.0. The quantitative estimate of drug-likeness (QED) is 0.780. The first-order chi connectivity index (χ1) is 7.00. The van der Waals surface area contributed by atoms with Crippen LogP contribution < -0.4 is 11.1 Å². The molecule has 0 bridgehead atoms. The third-order valence-corrected chi connectivity index (χ3v) is 2.13. The van der Waals surface area contributed by atoms with Crippen molar-refractivity contribution >= 4 is 17.5 Å². The molecule has 1 aromatic carbocycles. The molecule has 0 spiro atoms. The Morgan fingerprint density at radius 3 is 2.60 bits per heavy atom. The highest BCUT2D eigenvalue weighted by Crippen LogP contribution is 2.18. The van der Waals surface area contributed by atoms with Crippen molar-refractivity contribution in [2.45, 2.75) is 19.8 Å². The van der Waals surface area contributed by atoms with Crippen LogP contribution in [0.4, 0.5) is 5.69 Å². The van der Waals surface area contributed by atoms with Crippen molar-refractivity contribution in [1.82, 2.24) is 0 Å². The number of nitrogens with two attached hydrogens (primary N) is 1. The second kappa shape index (κ2) is 4.59. The van der Waals surface area contributed by atoms with Gasteiger partial charge in [0.25, 0.3) is 0 Å². The third kappa shape index (κ3) is 3.09. The van der Waals surface area contributed by atoms with E-state index in [4.69, 9.17) is 5.73 Å². The van der Waals surface area contributed by atoms with E-state index < -0.39 is 0 Å². The smallest absolute Gasteiger partial charge is 0.224 e. The monoisotopic (exact) mass is 206 g/mol. The van der Waals surface area contributed by atoms with Crippen LogP contribution in [0.3, 0.4) is 0 Å². The summed E-state index contributed by atoms with van der Waals surface area (Å²) in [6.45, 7) is 3.17. The number of hydrogen-bond donors (Lipinski definition) is 2. The minimum absolute atomic E-state index is 0.140. The summed E-state index contributed by atoms with van der Waals surface area (Å²) in [6, 6.07) is 7.09. The van der Waals surface area contributed by atoms with Crippen molar-refractivity contribution in [3.05, 3.63) is 29.8 Å². The van der Waals surface area contributed by atoms with Crippen LogP contribution >= 0.6 is 0 Å². The molecule has 80 valence electrons. The Morgan fingerprint density at radius 2 is 2.07 bits per heavy atom. The minimum atomic E-state index is -0.380. The molecule has 0 heterocycles. The molecule has 1 aromatic rings. The summed E-state index contributed by atoms with van der Waals surface area (Å²) in [5.74, 6) is -0.868. The summed E-state index contributed by atoms with van der Waals surface area (Å²) in [5.41, 5.74) is 6.67. The van der Waals surface area contributed by atoms with E-state index in [9.17, 15) is 9.59 Å². The zero-order valence-corrected chi connectivity index (χ0v) is 8.78. The first-order valence-electron chi connectivity index (χ1n) is 4.67. The SMILES string of the molecule is CC(=O)Nc1cccc([C@H](C)C(N)=O)c1. The highest BCUT2D eigenvalue weighted by atomic mass is 16.1. The molecule has 0 saturated carbocycles. The normalized spacial score (nSPS) is 11.9. The van der Waals surface area contributed by atoms with Crippen LogP contribution in [0.1, 0.15) is 25.3 Å². The van der Waals surface area contributed by atoms with Gasteiger partial charge in [-0.15, -0.1) is 0 Å². The zero-order chi connectivity index (χ0) is 11.4. The third-order valence-electron chi connectivity index (χ3n) is 2.13. The van der Waals surface area contributed by atoms with Crippen molar-refractivity contribution in [3.8, 4) is 0 Å². The van der Waals surface area contributed by atoms with Gasteiger partial charge < -0.3 is 11.1 Å². The Kier molecular flexibility index (Phi) is 3.44. The van der Waals surface area contributed by atoms with Crippen molar-refractivity contribution < 1.29 is 9.59 Å². The van der Waals surface area contributed by atoms with Gasteiger partial charge in [0.1, 0.15) is 0 Å². The number of rotatable bonds is 3. The van der Waals surface area contributed by atoms with Gasteiger partial charge in [0.2, 0.25) is 11.8 Å². The summed E-state index contributed by atoms with van der Waals surface area (Å²) < 4.78 is 0. The van der Waals surface area contributed by atoms with E-state index in [-0.39, 0.29) is 17.7 Å². The first kappa shape index (κ1) is 11.2. The van der Waals surface area contributed by atoms with Crippen LogP contribution in [0.2, 0.25) is 0 Å². The zero-order valence-electron chi connectivity index (χ0n) is 8.78. The molecule has 0 unspecified atom stereocenters. The number of carbonyl (C=O) groups excluding carboxylic acids is 2. The lowest BCUT2D eigenvalue weighted by atomic mass is 10.0. The summed E-state index contributed by atoms with van der Waals surface area (Å²) >= 11 is 0. The highest BCUT2D eigenvalue weighted by molar-refractivity contribution is 5.89. The van der Waals surface area contributed by atoms with Gasteiger partial charge in [0, 0.05) is 12.6 Å². The minimum Gasteiger partial charge on any atom is -0.369 e. The fourth-order valence-electron chi connectivity index (χ4n) is 1.25. The molecule has 2 amide bonds. The number of amides is 2.